The number of fused-ring (bicyclic) bond motifs is 2. The van der Waals surface area contributed by atoms with E-state index >= 15 is 0 Å². The van der Waals surface area contributed by atoms with Crippen molar-refractivity contribution in [2.24, 2.45) is 29.4 Å². The fourth-order valence-electron chi connectivity index (χ4n) is 7.04. The molecule has 3 heterocycles. The van der Waals surface area contributed by atoms with Crippen LogP contribution in [0.5, 0.6) is 0 Å². The molecule has 0 unspecified atom stereocenters. The quantitative estimate of drug-likeness (QED) is 0.269. The smallest absolute Gasteiger partial charge is 0.123 e. The number of nitrogens with zero attached hydrogens (tertiary/aromatic N) is 4. The zero-order valence-corrected chi connectivity index (χ0v) is 23.7. The van der Waals surface area contributed by atoms with Crippen LogP contribution in [-0.4, -0.2) is 41.1 Å². The molecule has 0 aromatic carbocycles. The Morgan fingerprint density at radius 1 is 0.946 bits per heavy atom. The molecule has 4 atom stereocenters. The number of rotatable bonds is 3. The highest BCUT2D eigenvalue weighted by molar-refractivity contribution is 7.80. The molecule has 2 saturated heterocycles. The van der Waals surface area contributed by atoms with Gasteiger partial charge in [-0.2, -0.15) is 10.5 Å². The van der Waals surface area contributed by atoms with Crippen molar-refractivity contribution in [2.75, 3.05) is 31.1 Å². The van der Waals surface area contributed by atoms with Crippen LogP contribution in [-0.2, 0) is 0 Å². The second kappa shape index (κ2) is 12.9. The molecule has 0 radical (unpaired) electrons. The van der Waals surface area contributed by atoms with Crippen LogP contribution in [0.2, 0.25) is 0 Å². The molecule has 6 nitrogen and oxygen atoms in total. The van der Waals surface area contributed by atoms with Crippen molar-refractivity contribution in [1.82, 2.24) is 9.88 Å². The van der Waals surface area contributed by atoms with E-state index in [9.17, 15) is 5.26 Å². The number of likely N-dealkylation sites (tertiary alicyclic amines) is 1. The van der Waals surface area contributed by atoms with E-state index in [0.717, 1.165) is 61.2 Å². The number of aromatic amines is 1. The Kier molecular flexibility index (Phi) is 9.62. The predicted octanol–water partition coefficient (Wildman–Crippen LogP) is 6.21. The number of aromatic nitrogens is 1. The van der Waals surface area contributed by atoms with Crippen molar-refractivity contribution >= 4 is 35.1 Å². The van der Waals surface area contributed by atoms with Crippen molar-refractivity contribution in [1.29, 1.82) is 10.5 Å². The maximum Gasteiger partial charge on any atom is 0.123 e. The van der Waals surface area contributed by atoms with Gasteiger partial charge >= 0.3 is 0 Å². The minimum absolute atomic E-state index is 0.223. The standard InChI is InChI=1S/C15H19N3S.C14H21N3S/c16-9-13-14(5-7-17-15(13)19)18-8-6-11-3-1-2-4-12(11)10-18;1-10(13(8-15)14(16)18)17-7-6-11-4-2-3-5-12(11)9-17/h5,7,11-12H,1-4,6,8,10H2,(H,17,19);11-12H,2-7,9H2,1H3,(H2,16,18)/b;13-10-/t2*11-,12-/m00/s1. The Morgan fingerprint density at radius 2 is 1.54 bits per heavy atom. The van der Waals surface area contributed by atoms with Crippen molar-refractivity contribution in [2.45, 2.75) is 71.1 Å². The second-order valence-corrected chi connectivity index (χ2v) is 12.0. The molecular formula is C29H40N6S2. The van der Waals surface area contributed by atoms with Crippen molar-refractivity contribution in [3.05, 3.63) is 33.7 Å². The van der Waals surface area contributed by atoms with E-state index in [4.69, 9.17) is 35.4 Å². The minimum atomic E-state index is 0.223. The molecule has 4 fully saturated rings. The molecule has 8 heteroatoms. The van der Waals surface area contributed by atoms with E-state index in [2.05, 4.69) is 26.9 Å². The summed E-state index contributed by atoms with van der Waals surface area (Å²) < 4.78 is 0.561. The highest BCUT2D eigenvalue weighted by atomic mass is 32.1. The van der Waals surface area contributed by atoms with E-state index in [1.807, 2.05) is 19.2 Å². The van der Waals surface area contributed by atoms with Crippen LogP contribution in [0.25, 0.3) is 0 Å². The molecule has 1 aromatic heterocycles. The van der Waals surface area contributed by atoms with Crippen LogP contribution in [0.1, 0.15) is 76.7 Å². The summed E-state index contributed by atoms with van der Waals surface area (Å²) in [5.74, 6) is 3.42. The molecule has 3 N–H and O–H groups in total. The number of anilines is 1. The van der Waals surface area contributed by atoms with Gasteiger partial charge < -0.3 is 20.5 Å². The fraction of sp³-hybridized carbons (Fsp3) is 0.655. The number of hydrogen-bond donors (Lipinski definition) is 2. The zero-order chi connectivity index (χ0) is 26.4. The number of nitrogens with two attached hydrogens (primary N) is 1. The third-order valence-corrected chi connectivity index (χ3v) is 9.69. The average molecular weight is 537 g/mol. The first-order valence-electron chi connectivity index (χ1n) is 13.9. The highest BCUT2D eigenvalue weighted by Gasteiger charge is 2.33. The Morgan fingerprint density at radius 3 is 2.14 bits per heavy atom. The number of allylic oxidation sites excluding steroid dienone is 1. The highest BCUT2D eigenvalue weighted by Crippen LogP contribution is 2.39. The lowest BCUT2D eigenvalue weighted by molar-refractivity contribution is 0.109. The summed E-state index contributed by atoms with van der Waals surface area (Å²) in [4.78, 5) is 7.85. The third kappa shape index (κ3) is 6.54. The van der Waals surface area contributed by atoms with Gasteiger partial charge in [0.15, 0.2) is 0 Å². The molecular weight excluding hydrogens is 496 g/mol. The maximum absolute atomic E-state index is 9.30. The van der Waals surface area contributed by atoms with Crippen LogP contribution < -0.4 is 10.6 Å². The van der Waals surface area contributed by atoms with Gasteiger partial charge in [-0.3, -0.25) is 0 Å². The van der Waals surface area contributed by atoms with E-state index in [-0.39, 0.29) is 4.99 Å². The zero-order valence-electron chi connectivity index (χ0n) is 22.0. The van der Waals surface area contributed by atoms with Gasteiger partial charge in [-0.15, -0.1) is 0 Å². The number of nitriles is 2. The molecule has 1 aromatic rings. The van der Waals surface area contributed by atoms with Gasteiger partial charge in [0.2, 0.25) is 0 Å². The first-order chi connectivity index (χ1) is 17.9. The number of thiocarbonyl (C=S) groups is 1. The molecule has 2 saturated carbocycles. The molecule has 4 aliphatic rings. The summed E-state index contributed by atoms with van der Waals surface area (Å²) in [5.41, 5.74) is 8.72. The van der Waals surface area contributed by atoms with E-state index in [1.54, 1.807) is 0 Å². The summed E-state index contributed by atoms with van der Waals surface area (Å²) in [7, 11) is 0. The van der Waals surface area contributed by atoms with Gasteiger partial charge in [0, 0.05) is 38.1 Å². The lowest BCUT2D eigenvalue weighted by Gasteiger charge is -2.42. The summed E-state index contributed by atoms with van der Waals surface area (Å²) in [6.45, 7) is 6.25. The van der Waals surface area contributed by atoms with Crippen molar-refractivity contribution in [3.8, 4) is 12.1 Å². The summed E-state index contributed by atoms with van der Waals surface area (Å²) >= 11 is 10.2. The van der Waals surface area contributed by atoms with E-state index < -0.39 is 0 Å². The SMILES string of the molecule is C/C(=C(\C#N)C(N)=S)N1CC[C@@H]2CCCC[C@H]2C1.N#Cc1c(N2CC[C@@H]3CCCC[C@H]3C2)cc[nH]c1=S. The van der Waals surface area contributed by atoms with Crippen molar-refractivity contribution < 1.29 is 0 Å². The van der Waals surface area contributed by atoms with Crippen molar-refractivity contribution in [3.63, 3.8) is 0 Å². The molecule has 0 bridgehead atoms. The van der Waals surface area contributed by atoms with Gasteiger partial charge in [-0.25, -0.2) is 0 Å². The number of pyridine rings is 1. The largest absolute Gasteiger partial charge is 0.389 e. The first kappa shape index (κ1) is 27.6. The van der Waals surface area contributed by atoms with Gasteiger partial charge in [0.05, 0.1) is 5.69 Å². The van der Waals surface area contributed by atoms with Gasteiger partial charge in [-0.05, 0) is 62.3 Å². The normalized spacial score (nSPS) is 27.8. The molecule has 0 amide bonds. The van der Waals surface area contributed by atoms with Gasteiger partial charge in [0.25, 0.3) is 0 Å². The topological polar surface area (TPSA) is 95.9 Å². The monoisotopic (exact) mass is 536 g/mol. The van der Waals surface area contributed by atoms with E-state index in [0.29, 0.717) is 15.8 Å². The predicted molar refractivity (Wildman–Crippen MR) is 155 cm³/mol. The molecule has 2 aliphatic carbocycles. The Hall–Kier alpha value is -2.42. The Balaban J connectivity index is 0.000000173. The van der Waals surface area contributed by atoms with Crippen LogP contribution in [0.15, 0.2) is 23.5 Å². The Labute approximate surface area is 232 Å². The lowest BCUT2D eigenvalue weighted by Crippen LogP contribution is -2.42. The average Bonchev–Trinajstić information content (AvgIpc) is 2.93. The van der Waals surface area contributed by atoms with E-state index in [1.165, 1.54) is 64.2 Å². The first-order valence-corrected chi connectivity index (χ1v) is 14.8. The van der Waals surface area contributed by atoms with Crippen LogP contribution in [0.3, 0.4) is 0 Å². The number of hydrogen-bond acceptors (Lipinski definition) is 6. The van der Waals surface area contributed by atoms with Gasteiger partial charge in [-0.1, -0.05) is 63.0 Å². The van der Waals surface area contributed by atoms with Crippen LogP contribution >= 0.6 is 24.4 Å². The number of piperidine rings is 2. The summed E-state index contributed by atoms with van der Waals surface area (Å²) in [6.07, 6.45) is 15.4. The minimum Gasteiger partial charge on any atom is -0.389 e. The third-order valence-electron chi connectivity index (χ3n) is 9.17. The summed E-state index contributed by atoms with van der Waals surface area (Å²) in [5, 5.41) is 18.4. The molecule has 0 spiro atoms. The van der Waals surface area contributed by atoms with Crippen LogP contribution in [0, 0.1) is 51.0 Å². The molecule has 5 rings (SSSR count). The second-order valence-electron chi connectivity index (χ2n) is 11.2. The molecule has 198 valence electrons. The lowest BCUT2D eigenvalue weighted by atomic mass is 9.75. The fourth-order valence-corrected chi connectivity index (χ4v) is 7.45. The Bertz CT molecular complexity index is 1140. The number of H-pyrrole nitrogens is 1. The van der Waals surface area contributed by atoms with Crippen LogP contribution in [0.4, 0.5) is 5.69 Å². The van der Waals surface area contributed by atoms with Gasteiger partial charge in [0.1, 0.15) is 32.9 Å². The summed E-state index contributed by atoms with van der Waals surface area (Å²) in [6, 6.07) is 6.40. The number of nitrogens with one attached hydrogen (secondary N) is 1. The molecule has 2 aliphatic heterocycles. The molecule has 37 heavy (non-hydrogen) atoms. The maximum atomic E-state index is 9.30.